The van der Waals surface area contributed by atoms with Gasteiger partial charge in [0.25, 0.3) is 0 Å². The van der Waals surface area contributed by atoms with Gasteiger partial charge in [0.1, 0.15) is 11.6 Å². The van der Waals surface area contributed by atoms with E-state index in [0.717, 1.165) is 36.1 Å². The highest BCUT2D eigenvalue weighted by Gasteiger charge is 2.29. The van der Waals surface area contributed by atoms with E-state index in [1.807, 2.05) is 44.0 Å². The summed E-state index contributed by atoms with van der Waals surface area (Å²) in [6.45, 7) is 6.44. The number of benzene rings is 1. The summed E-state index contributed by atoms with van der Waals surface area (Å²) in [5, 5.41) is 10.6. The minimum Gasteiger partial charge on any atom is -0.507 e. The molecule has 0 amide bonds. The third-order valence-electron chi connectivity index (χ3n) is 4.76. The molecule has 0 aromatic heterocycles. The van der Waals surface area contributed by atoms with Gasteiger partial charge < -0.3 is 10.8 Å². The molecule has 0 bridgehead atoms. The van der Waals surface area contributed by atoms with Crippen molar-refractivity contribution >= 4 is 0 Å². The van der Waals surface area contributed by atoms with Crippen molar-refractivity contribution in [3.05, 3.63) is 64.7 Å². The molecule has 0 aliphatic heterocycles. The first-order valence-corrected chi connectivity index (χ1v) is 9.33. The van der Waals surface area contributed by atoms with Crippen LogP contribution in [0.25, 0.3) is 0 Å². The average Bonchev–Trinajstić information content (AvgIpc) is 3.40. The van der Waals surface area contributed by atoms with Crippen LogP contribution in [0.1, 0.15) is 63.1 Å². The van der Waals surface area contributed by atoms with Gasteiger partial charge in [-0.25, -0.2) is 4.39 Å². The van der Waals surface area contributed by atoms with Crippen molar-refractivity contribution in [3.63, 3.8) is 0 Å². The SMILES string of the molecule is CC/C=C\C=C(/C)C(c1c(O)cc(C2CC2)cc1F)N(C)C/C=C(\C)N. The predicted octanol–water partition coefficient (Wildman–Crippen LogP) is 5.16. The van der Waals surface area contributed by atoms with Gasteiger partial charge in [0.15, 0.2) is 0 Å². The minimum absolute atomic E-state index is 0.0319. The van der Waals surface area contributed by atoms with Crippen LogP contribution >= 0.6 is 0 Å². The molecule has 1 aromatic carbocycles. The first-order chi connectivity index (χ1) is 12.3. The van der Waals surface area contributed by atoms with E-state index in [1.165, 1.54) is 0 Å². The summed E-state index contributed by atoms with van der Waals surface area (Å²) in [7, 11) is 1.92. The maximum Gasteiger partial charge on any atom is 0.132 e. The molecule has 1 aliphatic carbocycles. The van der Waals surface area contributed by atoms with Crippen LogP contribution in [0.4, 0.5) is 4.39 Å². The smallest absolute Gasteiger partial charge is 0.132 e. The van der Waals surface area contributed by atoms with Crippen LogP contribution < -0.4 is 5.73 Å². The van der Waals surface area contributed by atoms with Crippen LogP contribution in [0.3, 0.4) is 0 Å². The molecule has 0 spiro atoms. The second-order valence-corrected chi connectivity index (χ2v) is 7.25. The van der Waals surface area contributed by atoms with Gasteiger partial charge in [-0.1, -0.05) is 36.8 Å². The zero-order chi connectivity index (χ0) is 19.3. The Balaban J connectivity index is 2.43. The molecule has 1 aliphatic rings. The van der Waals surface area contributed by atoms with E-state index < -0.39 is 0 Å². The summed E-state index contributed by atoms with van der Waals surface area (Å²) >= 11 is 0. The Labute approximate surface area is 156 Å². The molecule has 26 heavy (non-hydrogen) atoms. The summed E-state index contributed by atoms with van der Waals surface area (Å²) in [5.74, 6) is 0.0846. The number of rotatable bonds is 8. The zero-order valence-electron chi connectivity index (χ0n) is 16.3. The lowest BCUT2D eigenvalue weighted by Gasteiger charge is -2.29. The van der Waals surface area contributed by atoms with Crippen molar-refractivity contribution in [3.8, 4) is 5.75 Å². The maximum absolute atomic E-state index is 15.0. The van der Waals surface area contributed by atoms with Crippen molar-refractivity contribution in [2.75, 3.05) is 13.6 Å². The molecule has 1 atom stereocenters. The summed E-state index contributed by atoms with van der Waals surface area (Å²) < 4.78 is 15.0. The van der Waals surface area contributed by atoms with Gasteiger partial charge in [0.05, 0.1) is 11.6 Å². The van der Waals surface area contributed by atoms with Crippen molar-refractivity contribution in [1.82, 2.24) is 4.90 Å². The van der Waals surface area contributed by atoms with Crippen molar-refractivity contribution in [1.29, 1.82) is 0 Å². The second-order valence-electron chi connectivity index (χ2n) is 7.25. The molecule has 1 saturated carbocycles. The Kier molecular flexibility index (Phi) is 7.04. The van der Waals surface area contributed by atoms with Gasteiger partial charge in [-0.05, 0) is 63.8 Å². The standard InChI is InChI=1S/C22H31FN2O/c1-5-6-7-8-15(2)22(25(4)12-11-16(3)24)21-19(23)13-18(14-20(21)26)17-9-10-17/h6-8,11,13-14,17,22,26H,5,9-10,12,24H2,1-4H3/b7-6-,15-8+,16-11+. The molecular formula is C22H31FN2O. The topological polar surface area (TPSA) is 49.5 Å². The highest BCUT2D eigenvalue weighted by Crippen LogP contribution is 2.44. The number of nitrogens with zero attached hydrogens (tertiary/aromatic N) is 1. The number of hydrogen-bond donors (Lipinski definition) is 2. The Morgan fingerprint density at radius 1 is 1.38 bits per heavy atom. The summed E-state index contributed by atoms with van der Waals surface area (Å²) in [6, 6.07) is 2.96. The van der Waals surface area contributed by atoms with Crippen LogP contribution in [0.15, 0.2) is 47.7 Å². The van der Waals surface area contributed by atoms with Crippen molar-refractivity contribution in [2.24, 2.45) is 5.73 Å². The molecule has 1 unspecified atom stereocenters. The summed E-state index contributed by atoms with van der Waals surface area (Å²) in [4.78, 5) is 2.00. The lowest BCUT2D eigenvalue weighted by Crippen LogP contribution is -2.27. The van der Waals surface area contributed by atoms with Gasteiger partial charge >= 0.3 is 0 Å². The molecule has 142 valence electrons. The van der Waals surface area contributed by atoms with Crippen LogP contribution in [-0.4, -0.2) is 23.6 Å². The quantitative estimate of drug-likeness (QED) is 0.631. The van der Waals surface area contributed by atoms with Crippen LogP contribution in [0.5, 0.6) is 5.75 Å². The summed E-state index contributed by atoms with van der Waals surface area (Å²) in [6.07, 6.45) is 11.0. The van der Waals surface area contributed by atoms with Gasteiger partial charge in [0, 0.05) is 12.2 Å². The van der Waals surface area contributed by atoms with E-state index in [1.54, 1.807) is 12.1 Å². The molecule has 0 saturated heterocycles. The molecule has 3 nitrogen and oxygen atoms in total. The lowest BCUT2D eigenvalue weighted by molar-refractivity contribution is 0.289. The number of aromatic hydroxyl groups is 1. The molecule has 2 rings (SSSR count). The Morgan fingerprint density at radius 3 is 2.62 bits per heavy atom. The third-order valence-corrected chi connectivity index (χ3v) is 4.76. The normalized spacial score (nSPS) is 17.3. The molecule has 1 fully saturated rings. The zero-order valence-corrected chi connectivity index (χ0v) is 16.3. The molecule has 3 N–H and O–H groups in total. The first kappa shape index (κ1) is 20.2. The van der Waals surface area contributed by atoms with Gasteiger partial charge in [-0.2, -0.15) is 0 Å². The predicted molar refractivity (Wildman–Crippen MR) is 107 cm³/mol. The molecule has 4 heteroatoms. The Hall–Kier alpha value is -2.07. The number of allylic oxidation sites excluding steroid dienone is 4. The second kappa shape index (κ2) is 9.04. The van der Waals surface area contributed by atoms with E-state index in [4.69, 9.17) is 5.73 Å². The van der Waals surface area contributed by atoms with E-state index in [0.29, 0.717) is 18.0 Å². The number of likely N-dealkylation sites (N-methyl/N-ethyl adjacent to an activating group) is 1. The summed E-state index contributed by atoms with van der Waals surface area (Å²) in [5.41, 5.74) is 8.68. The van der Waals surface area contributed by atoms with Gasteiger partial charge in [-0.3, -0.25) is 4.90 Å². The van der Waals surface area contributed by atoms with Gasteiger partial charge in [0.2, 0.25) is 0 Å². The van der Waals surface area contributed by atoms with Crippen LogP contribution in [-0.2, 0) is 0 Å². The monoisotopic (exact) mass is 358 g/mol. The Morgan fingerprint density at radius 2 is 2.08 bits per heavy atom. The van der Waals surface area contributed by atoms with Crippen molar-refractivity contribution < 1.29 is 9.50 Å². The van der Waals surface area contributed by atoms with E-state index in [2.05, 4.69) is 13.0 Å². The number of phenols is 1. The van der Waals surface area contributed by atoms with E-state index in [9.17, 15) is 9.50 Å². The fourth-order valence-corrected chi connectivity index (χ4v) is 3.18. The first-order valence-electron chi connectivity index (χ1n) is 9.33. The molecule has 1 aromatic rings. The third kappa shape index (κ3) is 5.21. The van der Waals surface area contributed by atoms with Gasteiger partial charge in [-0.15, -0.1) is 0 Å². The van der Waals surface area contributed by atoms with E-state index in [-0.39, 0.29) is 17.6 Å². The fourth-order valence-electron chi connectivity index (χ4n) is 3.18. The maximum atomic E-state index is 15.0. The van der Waals surface area contributed by atoms with E-state index >= 15 is 0 Å². The number of nitrogens with two attached hydrogens (primary N) is 1. The molecule has 0 heterocycles. The average molecular weight is 359 g/mol. The van der Waals surface area contributed by atoms with Crippen molar-refractivity contribution in [2.45, 2.75) is 52.0 Å². The number of phenolic OH excluding ortho intramolecular Hbond substituents is 1. The molecular weight excluding hydrogens is 327 g/mol. The Bertz CT molecular complexity index is 690. The highest BCUT2D eigenvalue weighted by atomic mass is 19.1. The molecule has 0 radical (unpaired) electrons. The number of hydrogen-bond acceptors (Lipinski definition) is 3. The largest absolute Gasteiger partial charge is 0.507 e. The minimum atomic E-state index is -0.361. The lowest BCUT2D eigenvalue weighted by atomic mass is 9.94. The van der Waals surface area contributed by atoms with Crippen LogP contribution in [0.2, 0.25) is 0 Å². The van der Waals surface area contributed by atoms with Crippen LogP contribution in [0, 0.1) is 5.82 Å². The number of halogens is 1. The fraction of sp³-hybridized carbons (Fsp3) is 0.455. The highest BCUT2D eigenvalue weighted by molar-refractivity contribution is 5.45.